The van der Waals surface area contributed by atoms with Crippen molar-refractivity contribution in [2.24, 2.45) is 0 Å². The number of nitrogens with zero attached hydrogens (tertiary/aromatic N) is 2. The summed E-state index contributed by atoms with van der Waals surface area (Å²) in [7, 11) is -3.65. The molecule has 0 amide bonds. The van der Waals surface area contributed by atoms with Gasteiger partial charge in [0.1, 0.15) is 15.9 Å². The molecular weight excluding hydrogens is 433 g/mol. The number of hydrogen-bond acceptors (Lipinski definition) is 5. The molecule has 0 aromatic carbocycles. The number of alkyl halides is 3. The molecule has 130 valence electrons. The van der Waals surface area contributed by atoms with E-state index in [1.807, 2.05) is 0 Å². The molecule has 0 bridgehead atoms. The zero-order chi connectivity index (χ0) is 17.5. The quantitative estimate of drug-likeness (QED) is 0.727. The summed E-state index contributed by atoms with van der Waals surface area (Å²) in [6, 6.07) is 5.13. The lowest BCUT2D eigenvalue weighted by atomic mass is 10.2. The minimum absolute atomic E-state index is 0.0221. The van der Waals surface area contributed by atoms with Crippen LogP contribution in [0.5, 0.6) is 5.88 Å². The first-order valence-corrected chi connectivity index (χ1v) is 9.67. The van der Waals surface area contributed by atoms with Gasteiger partial charge in [-0.25, -0.2) is 13.4 Å². The summed E-state index contributed by atoms with van der Waals surface area (Å²) in [6.45, 7) is -0.0442. The summed E-state index contributed by atoms with van der Waals surface area (Å²) < 4.78 is 70.5. The Labute approximate surface area is 148 Å². The number of halogens is 4. The third-order valence-corrected chi connectivity index (χ3v) is 7.23. The van der Waals surface area contributed by atoms with Gasteiger partial charge in [-0.1, -0.05) is 0 Å². The first kappa shape index (κ1) is 17.6. The van der Waals surface area contributed by atoms with Crippen molar-refractivity contribution < 1.29 is 26.3 Å². The molecule has 11 heteroatoms. The standard InChI is InChI=1S/C13H10BrF3N2O3S2/c14-10-3-4-11(23-10)24(20,21)19-6-8(7-19)22-12-9(13(15,16)17)2-1-5-18-12/h1-5,8H,6-7H2. The van der Waals surface area contributed by atoms with Crippen LogP contribution in [0.4, 0.5) is 13.2 Å². The van der Waals surface area contributed by atoms with Gasteiger partial charge in [0, 0.05) is 6.20 Å². The summed E-state index contributed by atoms with van der Waals surface area (Å²) in [5.74, 6) is -0.536. The lowest BCUT2D eigenvalue weighted by Gasteiger charge is -2.37. The Morgan fingerprint density at radius 1 is 1.29 bits per heavy atom. The molecule has 3 rings (SSSR count). The van der Waals surface area contributed by atoms with Crippen LogP contribution in [-0.4, -0.2) is 36.9 Å². The van der Waals surface area contributed by atoms with Crippen LogP contribution in [-0.2, 0) is 16.2 Å². The molecule has 5 nitrogen and oxygen atoms in total. The highest BCUT2D eigenvalue weighted by atomic mass is 79.9. The Kier molecular flexibility index (Phi) is 4.62. The van der Waals surface area contributed by atoms with E-state index in [0.29, 0.717) is 3.79 Å². The first-order valence-electron chi connectivity index (χ1n) is 6.62. The second-order valence-corrected chi connectivity index (χ2v) is 9.60. The highest BCUT2D eigenvalue weighted by molar-refractivity contribution is 9.11. The van der Waals surface area contributed by atoms with Gasteiger partial charge in [-0.2, -0.15) is 17.5 Å². The normalized spacial score (nSPS) is 16.8. The molecule has 0 N–H and O–H groups in total. The van der Waals surface area contributed by atoms with E-state index in [1.165, 1.54) is 18.3 Å². The predicted molar refractivity (Wildman–Crippen MR) is 84.4 cm³/mol. The number of sulfonamides is 1. The van der Waals surface area contributed by atoms with Crippen LogP contribution in [0.25, 0.3) is 0 Å². The number of ether oxygens (including phenoxy) is 1. The fourth-order valence-corrected chi connectivity index (χ4v) is 5.76. The van der Waals surface area contributed by atoms with E-state index in [0.717, 1.165) is 21.7 Å². The van der Waals surface area contributed by atoms with Crippen molar-refractivity contribution in [3.05, 3.63) is 39.8 Å². The molecule has 3 heterocycles. The molecule has 1 saturated heterocycles. The zero-order valence-corrected chi connectivity index (χ0v) is 15.0. The minimum atomic E-state index is -4.58. The number of hydrogen-bond donors (Lipinski definition) is 0. The Balaban J connectivity index is 1.68. The summed E-state index contributed by atoms with van der Waals surface area (Å²) in [6.07, 6.45) is -4.05. The maximum atomic E-state index is 12.9. The maximum Gasteiger partial charge on any atom is 0.421 e. The fraction of sp³-hybridized carbons (Fsp3) is 0.308. The van der Waals surface area contributed by atoms with Crippen LogP contribution < -0.4 is 4.74 Å². The molecule has 24 heavy (non-hydrogen) atoms. The second kappa shape index (κ2) is 6.28. The van der Waals surface area contributed by atoms with Gasteiger partial charge in [-0.15, -0.1) is 11.3 Å². The molecular formula is C13H10BrF3N2O3S2. The van der Waals surface area contributed by atoms with Crippen LogP contribution in [0, 0.1) is 0 Å². The Hall–Kier alpha value is -1.17. The summed E-state index contributed by atoms with van der Waals surface area (Å²) in [5.41, 5.74) is -0.978. The molecule has 1 aliphatic rings. The van der Waals surface area contributed by atoms with Gasteiger partial charge in [-0.05, 0) is 40.2 Å². The average Bonchev–Trinajstić information content (AvgIpc) is 2.89. The summed E-state index contributed by atoms with van der Waals surface area (Å²) in [5, 5.41) is 0. The lowest BCUT2D eigenvalue weighted by molar-refractivity contribution is -0.140. The van der Waals surface area contributed by atoms with E-state index in [2.05, 4.69) is 20.9 Å². The van der Waals surface area contributed by atoms with Crippen LogP contribution in [0.2, 0.25) is 0 Å². The van der Waals surface area contributed by atoms with Gasteiger partial charge in [-0.3, -0.25) is 0 Å². The van der Waals surface area contributed by atoms with Gasteiger partial charge in [0.15, 0.2) is 0 Å². The highest BCUT2D eigenvalue weighted by Gasteiger charge is 2.41. The molecule has 2 aromatic rings. The molecule has 2 aromatic heterocycles. The Bertz CT molecular complexity index is 848. The van der Waals surface area contributed by atoms with E-state index in [1.54, 1.807) is 6.07 Å². The molecule has 0 saturated carbocycles. The average molecular weight is 443 g/mol. The number of thiophene rings is 1. The van der Waals surface area contributed by atoms with Crippen LogP contribution in [0.15, 0.2) is 38.5 Å². The van der Waals surface area contributed by atoms with E-state index >= 15 is 0 Å². The second-order valence-electron chi connectivity index (χ2n) is 4.97. The number of aromatic nitrogens is 1. The van der Waals surface area contributed by atoms with Crippen LogP contribution in [0.1, 0.15) is 5.56 Å². The monoisotopic (exact) mass is 442 g/mol. The van der Waals surface area contributed by atoms with Gasteiger partial charge < -0.3 is 4.74 Å². The first-order chi connectivity index (χ1) is 11.2. The molecule has 0 radical (unpaired) electrons. The number of pyridine rings is 1. The predicted octanol–water partition coefficient (Wildman–Crippen LogP) is 3.38. The van der Waals surface area contributed by atoms with Crippen molar-refractivity contribution in [2.75, 3.05) is 13.1 Å². The Morgan fingerprint density at radius 2 is 2.00 bits per heavy atom. The SMILES string of the molecule is O=S(=O)(c1ccc(Br)s1)N1CC(Oc2ncccc2C(F)(F)F)C1. The van der Waals surface area contributed by atoms with Gasteiger partial charge in [0.2, 0.25) is 5.88 Å². The zero-order valence-electron chi connectivity index (χ0n) is 11.8. The molecule has 0 spiro atoms. The van der Waals surface area contributed by atoms with Gasteiger partial charge in [0.05, 0.1) is 16.9 Å². The van der Waals surface area contributed by atoms with Crippen molar-refractivity contribution in [3.63, 3.8) is 0 Å². The molecule has 0 atom stereocenters. The smallest absolute Gasteiger partial charge is 0.421 e. The van der Waals surface area contributed by atoms with E-state index in [-0.39, 0.29) is 17.3 Å². The van der Waals surface area contributed by atoms with Crippen molar-refractivity contribution in [1.82, 2.24) is 9.29 Å². The van der Waals surface area contributed by atoms with E-state index < -0.39 is 33.7 Å². The van der Waals surface area contributed by atoms with Gasteiger partial charge >= 0.3 is 6.18 Å². The highest BCUT2D eigenvalue weighted by Crippen LogP contribution is 2.36. The van der Waals surface area contributed by atoms with Crippen molar-refractivity contribution >= 4 is 37.3 Å². The lowest BCUT2D eigenvalue weighted by Crippen LogP contribution is -2.56. The van der Waals surface area contributed by atoms with E-state index in [9.17, 15) is 21.6 Å². The third-order valence-electron chi connectivity index (χ3n) is 3.31. The summed E-state index contributed by atoms with van der Waals surface area (Å²) >= 11 is 4.26. The van der Waals surface area contributed by atoms with E-state index in [4.69, 9.17) is 4.74 Å². The maximum absolute atomic E-state index is 12.9. The molecule has 0 aliphatic carbocycles. The largest absolute Gasteiger partial charge is 0.471 e. The van der Waals surface area contributed by atoms with Crippen LogP contribution in [0.3, 0.4) is 0 Å². The van der Waals surface area contributed by atoms with Crippen molar-refractivity contribution in [3.8, 4) is 5.88 Å². The Morgan fingerprint density at radius 3 is 2.58 bits per heavy atom. The molecule has 0 unspecified atom stereocenters. The summed E-state index contributed by atoms with van der Waals surface area (Å²) in [4.78, 5) is 3.60. The van der Waals surface area contributed by atoms with Crippen molar-refractivity contribution in [1.29, 1.82) is 0 Å². The fourth-order valence-electron chi connectivity index (χ4n) is 2.09. The molecule has 1 fully saturated rings. The van der Waals surface area contributed by atoms with Crippen LogP contribution >= 0.6 is 27.3 Å². The topological polar surface area (TPSA) is 59.5 Å². The third kappa shape index (κ3) is 3.44. The van der Waals surface area contributed by atoms with Crippen molar-refractivity contribution in [2.45, 2.75) is 16.5 Å². The van der Waals surface area contributed by atoms with Gasteiger partial charge in [0.25, 0.3) is 10.0 Å². The minimum Gasteiger partial charge on any atom is -0.471 e. The number of rotatable bonds is 4. The molecule has 1 aliphatic heterocycles.